The Kier molecular flexibility index (Phi) is 5.23. The van der Waals surface area contributed by atoms with E-state index in [4.69, 9.17) is 0 Å². The summed E-state index contributed by atoms with van der Waals surface area (Å²) in [4.78, 5) is 23.0. The Balaban J connectivity index is 2.03. The van der Waals surface area contributed by atoms with Gasteiger partial charge in [0.15, 0.2) is 0 Å². The van der Waals surface area contributed by atoms with Gasteiger partial charge in [0.05, 0.1) is 6.42 Å². The molecule has 24 heavy (non-hydrogen) atoms. The third-order valence-electron chi connectivity index (χ3n) is 3.27. The number of halogens is 3. The summed E-state index contributed by atoms with van der Waals surface area (Å²) in [5.74, 6) is -2.37. The molecule has 2 aromatic carbocycles. The summed E-state index contributed by atoms with van der Waals surface area (Å²) in [6.45, 7) is 1.88. The fraction of sp³-hybridized carbons (Fsp3) is 0.176. The first kappa shape index (κ1) is 17.5. The van der Waals surface area contributed by atoms with Crippen LogP contribution >= 0.6 is 0 Å². The lowest BCUT2D eigenvalue weighted by atomic mass is 10.1. The molecule has 2 rings (SSSR count). The first-order valence-electron chi connectivity index (χ1n) is 7.08. The molecule has 2 amide bonds. The van der Waals surface area contributed by atoms with Crippen molar-refractivity contribution in [2.75, 3.05) is 10.6 Å². The molecule has 0 aliphatic rings. The maximum atomic E-state index is 12.2. The van der Waals surface area contributed by atoms with Crippen LogP contribution in [-0.2, 0) is 16.0 Å². The lowest BCUT2D eigenvalue weighted by Gasteiger charge is -2.11. The number of carbonyl (C=O) groups is 2. The quantitative estimate of drug-likeness (QED) is 0.895. The zero-order chi connectivity index (χ0) is 17.7. The van der Waals surface area contributed by atoms with Crippen molar-refractivity contribution < 1.29 is 22.8 Å². The number of alkyl halides is 3. The number of carbonyl (C=O) groups excluding carboxylic acids is 2. The van der Waals surface area contributed by atoms with Crippen molar-refractivity contribution >= 4 is 23.2 Å². The van der Waals surface area contributed by atoms with Gasteiger partial charge in [-0.15, -0.1) is 0 Å². The predicted molar refractivity (Wildman–Crippen MR) is 84.6 cm³/mol. The molecule has 0 fully saturated rings. The molecular formula is C17H15F3N2O2. The van der Waals surface area contributed by atoms with E-state index >= 15 is 0 Å². The molecule has 2 aromatic rings. The predicted octanol–water partition coefficient (Wildman–Crippen LogP) is 3.68. The van der Waals surface area contributed by atoms with Crippen LogP contribution < -0.4 is 10.6 Å². The maximum absolute atomic E-state index is 12.2. The Bertz CT molecular complexity index is 757. The second kappa shape index (κ2) is 7.16. The molecular weight excluding hydrogens is 321 g/mol. The van der Waals surface area contributed by atoms with Gasteiger partial charge in [0, 0.05) is 11.4 Å². The molecule has 0 aliphatic heterocycles. The summed E-state index contributed by atoms with van der Waals surface area (Å²) in [5, 5.41) is 4.34. The highest BCUT2D eigenvalue weighted by atomic mass is 19.4. The fourth-order valence-electron chi connectivity index (χ4n) is 2.06. The largest absolute Gasteiger partial charge is 0.471 e. The molecule has 0 unspecified atom stereocenters. The summed E-state index contributed by atoms with van der Waals surface area (Å²) >= 11 is 0. The Morgan fingerprint density at radius 3 is 2.21 bits per heavy atom. The van der Waals surface area contributed by atoms with Crippen molar-refractivity contribution in [1.29, 1.82) is 0 Å². The highest BCUT2D eigenvalue weighted by molar-refractivity contribution is 5.96. The van der Waals surface area contributed by atoms with Gasteiger partial charge in [-0.25, -0.2) is 0 Å². The molecule has 0 spiro atoms. The molecule has 0 aromatic heterocycles. The van der Waals surface area contributed by atoms with Gasteiger partial charge >= 0.3 is 12.1 Å². The van der Waals surface area contributed by atoms with Crippen LogP contribution in [0.15, 0.2) is 48.5 Å². The molecule has 0 saturated heterocycles. The molecule has 0 atom stereocenters. The van der Waals surface area contributed by atoms with Crippen LogP contribution in [0.2, 0.25) is 0 Å². The second-order valence-electron chi connectivity index (χ2n) is 5.18. The molecule has 0 bridgehead atoms. The number of anilines is 2. The third-order valence-corrected chi connectivity index (χ3v) is 3.27. The Morgan fingerprint density at radius 2 is 1.58 bits per heavy atom. The van der Waals surface area contributed by atoms with Gasteiger partial charge in [0.1, 0.15) is 0 Å². The van der Waals surface area contributed by atoms with Gasteiger partial charge in [-0.3, -0.25) is 9.59 Å². The molecule has 2 N–H and O–H groups in total. The number of benzene rings is 2. The van der Waals surface area contributed by atoms with Gasteiger partial charge in [0.25, 0.3) is 0 Å². The topological polar surface area (TPSA) is 58.2 Å². The smallest absolute Gasteiger partial charge is 0.326 e. The summed E-state index contributed by atoms with van der Waals surface area (Å²) < 4.78 is 36.7. The Labute approximate surface area is 136 Å². The minimum atomic E-state index is -4.97. The molecule has 7 heteroatoms. The number of amides is 2. The standard InChI is InChI=1S/C17H15F3N2O2/c1-11-5-2-3-6-12(11)9-15(23)21-13-7-4-8-14(10-13)22-16(24)17(18,19)20/h2-8,10H,9H2,1H3,(H,21,23)(H,22,24). The van der Waals surface area contributed by atoms with Crippen LogP contribution in [0.1, 0.15) is 11.1 Å². The molecule has 0 saturated carbocycles. The minimum Gasteiger partial charge on any atom is -0.326 e. The summed E-state index contributed by atoms with van der Waals surface area (Å²) in [7, 11) is 0. The van der Waals surface area contributed by atoms with Crippen molar-refractivity contribution in [3.8, 4) is 0 Å². The van der Waals surface area contributed by atoms with E-state index in [9.17, 15) is 22.8 Å². The van der Waals surface area contributed by atoms with E-state index in [0.717, 1.165) is 11.1 Å². The first-order chi connectivity index (χ1) is 11.3. The van der Waals surface area contributed by atoms with Gasteiger partial charge < -0.3 is 10.6 Å². The van der Waals surface area contributed by atoms with Crippen LogP contribution in [0.4, 0.5) is 24.5 Å². The van der Waals surface area contributed by atoms with E-state index in [1.165, 1.54) is 24.3 Å². The zero-order valence-electron chi connectivity index (χ0n) is 12.8. The molecule has 0 aliphatic carbocycles. The highest BCUT2D eigenvalue weighted by Gasteiger charge is 2.38. The number of rotatable bonds is 4. The summed E-state index contributed by atoms with van der Waals surface area (Å²) in [6, 6.07) is 12.9. The highest BCUT2D eigenvalue weighted by Crippen LogP contribution is 2.20. The Hall–Kier alpha value is -2.83. The third kappa shape index (κ3) is 4.84. The number of nitrogens with one attached hydrogen (secondary N) is 2. The second-order valence-corrected chi connectivity index (χ2v) is 5.18. The van der Waals surface area contributed by atoms with Crippen LogP contribution in [-0.4, -0.2) is 18.0 Å². The van der Waals surface area contributed by atoms with Crippen LogP contribution in [0, 0.1) is 6.92 Å². The average Bonchev–Trinajstić information content (AvgIpc) is 2.49. The molecule has 0 heterocycles. The van der Waals surface area contributed by atoms with Crippen LogP contribution in [0.25, 0.3) is 0 Å². The summed E-state index contributed by atoms with van der Waals surface area (Å²) in [5.41, 5.74) is 2.08. The van der Waals surface area contributed by atoms with E-state index < -0.39 is 12.1 Å². The van der Waals surface area contributed by atoms with Crippen molar-refractivity contribution in [2.24, 2.45) is 0 Å². The van der Waals surface area contributed by atoms with E-state index in [2.05, 4.69) is 5.32 Å². The normalized spacial score (nSPS) is 11.0. The minimum absolute atomic E-state index is 0.0500. The first-order valence-corrected chi connectivity index (χ1v) is 7.08. The van der Waals surface area contributed by atoms with E-state index in [-0.39, 0.29) is 18.0 Å². The lowest BCUT2D eigenvalue weighted by Crippen LogP contribution is -2.29. The Morgan fingerprint density at radius 1 is 0.958 bits per heavy atom. The van der Waals surface area contributed by atoms with Crippen molar-refractivity contribution in [3.05, 3.63) is 59.7 Å². The van der Waals surface area contributed by atoms with Crippen molar-refractivity contribution in [2.45, 2.75) is 19.5 Å². The number of hydrogen-bond acceptors (Lipinski definition) is 2. The maximum Gasteiger partial charge on any atom is 0.471 e. The fourth-order valence-corrected chi connectivity index (χ4v) is 2.06. The number of aryl methyl sites for hydroxylation is 1. The monoisotopic (exact) mass is 336 g/mol. The van der Waals surface area contributed by atoms with Gasteiger partial charge in [0.2, 0.25) is 5.91 Å². The van der Waals surface area contributed by atoms with Crippen molar-refractivity contribution in [1.82, 2.24) is 0 Å². The number of hydrogen-bond donors (Lipinski definition) is 2. The van der Waals surface area contributed by atoms with E-state index in [1.54, 1.807) is 5.32 Å². The lowest BCUT2D eigenvalue weighted by molar-refractivity contribution is -0.167. The van der Waals surface area contributed by atoms with Crippen molar-refractivity contribution in [3.63, 3.8) is 0 Å². The van der Waals surface area contributed by atoms with E-state index in [1.807, 2.05) is 31.2 Å². The van der Waals surface area contributed by atoms with Gasteiger partial charge in [-0.05, 0) is 36.2 Å². The zero-order valence-corrected chi connectivity index (χ0v) is 12.8. The summed E-state index contributed by atoms with van der Waals surface area (Å²) in [6.07, 6.45) is -4.82. The SMILES string of the molecule is Cc1ccccc1CC(=O)Nc1cccc(NC(=O)C(F)(F)F)c1. The average molecular weight is 336 g/mol. The van der Waals surface area contributed by atoms with E-state index in [0.29, 0.717) is 5.69 Å². The molecule has 126 valence electrons. The van der Waals surface area contributed by atoms with Crippen LogP contribution in [0.3, 0.4) is 0 Å². The van der Waals surface area contributed by atoms with Gasteiger partial charge in [-0.2, -0.15) is 13.2 Å². The molecule has 0 radical (unpaired) electrons. The van der Waals surface area contributed by atoms with Crippen LogP contribution in [0.5, 0.6) is 0 Å². The molecule has 4 nitrogen and oxygen atoms in total. The van der Waals surface area contributed by atoms with Gasteiger partial charge in [-0.1, -0.05) is 30.3 Å².